The van der Waals surface area contributed by atoms with E-state index >= 15 is 0 Å². The van der Waals surface area contributed by atoms with Gasteiger partial charge in [0.05, 0.1) is 13.0 Å². The van der Waals surface area contributed by atoms with E-state index in [0.717, 1.165) is 25.4 Å². The number of nitrogen functional groups attached to an aromatic ring is 1. The fraction of sp³-hybridized carbons (Fsp3) is 0.533. The van der Waals surface area contributed by atoms with Crippen molar-refractivity contribution >= 4 is 11.6 Å². The molecule has 5 nitrogen and oxygen atoms in total. The van der Waals surface area contributed by atoms with Crippen molar-refractivity contribution < 1.29 is 9.53 Å². The summed E-state index contributed by atoms with van der Waals surface area (Å²) in [6.07, 6.45) is 0.415. The Balaban J connectivity index is 1.76. The molecule has 1 heterocycles. The second-order valence-electron chi connectivity index (χ2n) is 5.37. The summed E-state index contributed by atoms with van der Waals surface area (Å²) in [4.78, 5) is 16.4. The van der Waals surface area contributed by atoms with Crippen LogP contribution in [0.2, 0.25) is 0 Å². The topological polar surface area (TPSA) is 58.8 Å². The molecule has 0 radical (unpaired) electrons. The summed E-state index contributed by atoms with van der Waals surface area (Å²) >= 11 is 0. The van der Waals surface area contributed by atoms with Crippen molar-refractivity contribution in [3.8, 4) is 5.75 Å². The fourth-order valence-electron chi connectivity index (χ4n) is 2.47. The largest absolute Gasteiger partial charge is 0.493 e. The minimum atomic E-state index is 0.168. The number of carbonyl (C=O) groups is 1. The Morgan fingerprint density at radius 2 is 2.05 bits per heavy atom. The molecule has 110 valence electrons. The molecule has 0 spiro atoms. The summed E-state index contributed by atoms with van der Waals surface area (Å²) in [5.41, 5.74) is 6.32. The molecule has 20 heavy (non-hydrogen) atoms. The average Bonchev–Trinajstić information content (AvgIpc) is 2.41. The maximum atomic E-state index is 12.2. The summed E-state index contributed by atoms with van der Waals surface area (Å²) in [6.45, 7) is 5.17. The maximum absolute atomic E-state index is 12.2. The lowest BCUT2D eigenvalue weighted by molar-refractivity contribution is -0.135. The van der Waals surface area contributed by atoms with Gasteiger partial charge in [-0.1, -0.05) is 0 Å². The average molecular weight is 277 g/mol. The van der Waals surface area contributed by atoms with E-state index < -0.39 is 0 Å². The lowest BCUT2D eigenvalue weighted by Crippen LogP contribution is -2.52. The quantitative estimate of drug-likeness (QED) is 0.840. The Bertz CT molecular complexity index is 447. The monoisotopic (exact) mass is 277 g/mol. The zero-order valence-electron chi connectivity index (χ0n) is 12.2. The highest BCUT2D eigenvalue weighted by Crippen LogP contribution is 2.14. The SMILES string of the molecule is CC1CN(C)CCN1C(=O)CCOc1ccc(N)cc1. The van der Waals surface area contributed by atoms with Crippen molar-refractivity contribution in [1.29, 1.82) is 0 Å². The number of nitrogens with zero attached hydrogens (tertiary/aromatic N) is 2. The molecule has 0 saturated carbocycles. The number of piperazine rings is 1. The minimum Gasteiger partial charge on any atom is -0.493 e. The Hall–Kier alpha value is -1.75. The minimum absolute atomic E-state index is 0.168. The second-order valence-corrected chi connectivity index (χ2v) is 5.37. The maximum Gasteiger partial charge on any atom is 0.226 e. The molecule has 5 heteroatoms. The molecule has 1 aromatic carbocycles. The number of anilines is 1. The normalized spacial score (nSPS) is 19.9. The number of hydrogen-bond acceptors (Lipinski definition) is 4. The molecule has 0 aromatic heterocycles. The first-order valence-electron chi connectivity index (χ1n) is 7.02. The molecule has 1 unspecified atom stereocenters. The van der Waals surface area contributed by atoms with Gasteiger partial charge in [0.25, 0.3) is 0 Å². The Morgan fingerprint density at radius 3 is 2.70 bits per heavy atom. The van der Waals surface area contributed by atoms with E-state index in [9.17, 15) is 4.79 Å². The summed E-state index contributed by atoms with van der Waals surface area (Å²) in [6, 6.07) is 7.49. The predicted octanol–water partition coefficient (Wildman–Crippen LogP) is 1.20. The van der Waals surface area contributed by atoms with E-state index in [2.05, 4.69) is 18.9 Å². The smallest absolute Gasteiger partial charge is 0.226 e. The van der Waals surface area contributed by atoms with Gasteiger partial charge in [-0.3, -0.25) is 4.79 Å². The molecule has 1 aliphatic rings. The van der Waals surface area contributed by atoms with E-state index in [1.807, 2.05) is 17.0 Å². The zero-order chi connectivity index (χ0) is 14.5. The van der Waals surface area contributed by atoms with Gasteiger partial charge in [0.1, 0.15) is 5.75 Å². The first-order chi connectivity index (χ1) is 9.56. The molecular weight excluding hydrogens is 254 g/mol. The number of carbonyl (C=O) groups excluding carboxylic acids is 1. The van der Waals surface area contributed by atoms with Crippen LogP contribution >= 0.6 is 0 Å². The molecule has 2 rings (SSSR count). The van der Waals surface area contributed by atoms with Crippen LogP contribution in [0.5, 0.6) is 5.75 Å². The van der Waals surface area contributed by atoms with Gasteiger partial charge in [-0.15, -0.1) is 0 Å². The molecule has 0 bridgehead atoms. The number of ether oxygens (including phenoxy) is 1. The lowest BCUT2D eigenvalue weighted by Gasteiger charge is -2.38. The number of nitrogens with two attached hydrogens (primary N) is 1. The van der Waals surface area contributed by atoms with Crippen LogP contribution in [0, 0.1) is 0 Å². The molecule has 1 atom stereocenters. The third-order valence-corrected chi connectivity index (χ3v) is 3.62. The van der Waals surface area contributed by atoms with Crippen LogP contribution in [0.4, 0.5) is 5.69 Å². The van der Waals surface area contributed by atoms with E-state index in [0.29, 0.717) is 18.7 Å². The van der Waals surface area contributed by atoms with Gasteiger partial charge in [0, 0.05) is 31.4 Å². The van der Waals surface area contributed by atoms with E-state index in [1.54, 1.807) is 12.1 Å². The number of benzene rings is 1. The van der Waals surface area contributed by atoms with Crippen LogP contribution in [-0.2, 0) is 4.79 Å². The first-order valence-corrected chi connectivity index (χ1v) is 7.02. The van der Waals surface area contributed by atoms with Gasteiger partial charge >= 0.3 is 0 Å². The van der Waals surface area contributed by atoms with E-state index in [-0.39, 0.29) is 11.9 Å². The standard InChI is InChI=1S/C15H23N3O2/c1-12-11-17(2)8-9-18(12)15(19)7-10-20-14-5-3-13(16)4-6-14/h3-6,12H,7-11,16H2,1-2H3. The van der Waals surface area contributed by atoms with Gasteiger partial charge in [0.2, 0.25) is 5.91 Å². The molecule has 1 saturated heterocycles. The predicted molar refractivity (Wildman–Crippen MR) is 79.6 cm³/mol. The summed E-state index contributed by atoms with van der Waals surface area (Å²) < 4.78 is 5.57. The Labute approximate surface area is 120 Å². The molecule has 1 aromatic rings. The number of likely N-dealkylation sites (N-methyl/N-ethyl adjacent to an activating group) is 1. The summed E-state index contributed by atoms with van der Waals surface area (Å²) in [5.74, 6) is 0.916. The van der Waals surface area contributed by atoms with Crippen molar-refractivity contribution in [3.05, 3.63) is 24.3 Å². The highest BCUT2D eigenvalue weighted by atomic mass is 16.5. The Morgan fingerprint density at radius 1 is 1.35 bits per heavy atom. The molecule has 1 aliphatic heterocycles. The van der Waals surface area contributed by atoms with Crippen molar-refractivity contribution in [1.82, 2.24) is 9.80 Å². The first kappa shape index (κ1) is 14.7. The van der Waals surface area contributed by atoms with Gasteiger partial charge in [-0.25, -0.2) is 0 Å². The summed E-state index contributed by atoms with van der Waals surface area (Å²) in [7, 11) is 2.09. The van der Waals surface area contributed by atoms with Crippen molar-refractivity contribution in [2.24, 2.45) is 0 Å². The summed E-state index contributed by atoms with van der Waals surface area (Å²) in [5, 5.41) is 0. The number of hydrogen-bond donors (Lipinski definition) is 1. The van der Waals surface area contributed by atoms with Crippen LogP contribution < -0.4 is 10.5 Å². The van der Waals surface area contributed by atoms with Crippen molar-refractivity contribution in [2.75, 3.05) is 39.0 Å². The number of rotatable bonds is 4. The fourth-order valence-corrected chi connectivity index (χ4v) is 2.47. The van der Waals surface area contributed by atoms with Gasteiger partial charge in [0.15, 0.2) is 0 Å². The van der Waals surface area contributed by atoms with Crippen molar-refractivity contribution in [2.45, 2.75) is 19.4 Å². The molecule has 1 fully saturated rings. The van der Waals surface area contributed by atoms with Crippen LogP contribution in [0.3, 0.4) is 0 Å². The lowest BCUT2D eigenvalue weighted by atomic mass is 10.2. The van der Waals surface area contributed by atoms with Crippen LogP contribution in [0.1, 0.15) is 13.3 Å². The van der Waals surface area contributed by atoms with Crippen LogP contribution in [0.25, 0.3) is 0 Å². The van der Waals surface area contributed by atoms with E-state index in [1.165, 1.54) is 0 Å². The highest BCUT2D eigenvalue weighted by Gasteiger charge is 2.25. The third kappa shape index (κ3) is 3.87. The Kier molecular flexibility index (Phi) is 4.84. The third-order valence-electron chi connectivity index (χ3n) is 3.62. The highest BCUT2D eigenvalue weighted by molar-refractivity contribution is 5.76. The van der Waals surface area contributed by atoms with Crippen molar-refractivity contribution in [3.63, 3.8) is 0 Å². The number of amides is 1. The van der Waals surface area contributed by atoms with Crippen LogP contribution in [-0.4, -0.2) is 55.0 Å². The zero-order valence-corrected chi connectivity index (χ0v) is 12.2. The van der Waals surface area contributed by atoms with Crippen LogP contribution in [0.15, 0.2) is 24.3 Å². The van der Waals surface area contributed by atoms with Gasteiger partial charge < -0.3 is 20.3 Å². The molecule has 0 aliphatic carbocycles. The van der Waals surface area contributed by atoms with E-state index in [4.69, 9.17) is 10.5 Å². The molecule has 1 amide bonds. The van der Waals surface area contributed by atoms with Gasteiger partial charge in [-0.2, -0.15) is 0 Å². The second kappa shape index (κ2) is 6.61. The molecule has 2 N–H and O–H groups in total. The molecular formula is C15H23N3O2. The van der Waals surface area contributed by atoms with Gasteiger partial charge in [-0.05, 0) is 38.2 Å².